The summed E-state index contributed by atoms with van der Waals surface area (Å²) < 4.78 is 25.6. The maximum Gasteiger partial charge on any atom is 0.409 e. The van der Waals surface area contributed by atoms with Crippen molar-refractivity contribution >= 4 is 40.9 Å². The number of likely N-dealkylation sites (N-methyl/N-ethyl adjacent to an activating group) is 1. The van der Waals surface area contributed by atoms with Gasteiger partial charge in [0.25, 0.3) is 0 Å². The van der Waals surface area contributed by atoms with Gasteiger partial charge in [-0.15, -0.1) is 0 Å². The molecule has 354 valence electrons. The molecule has 0 atom stereocenters. The van der Waals surface area contributed by atoms with Gasteiger partial charge in [0.2, 0.25) is 0 Å². The number of aryl methyl sites for hydroxylation is 3. The minimum absolute atomic E-state index is 0.276. The Balaban J connectivity index is 0.000000180. The number of carbonyl (C=O) groups excluding carboxylic acids is 2. The fourth-order valence-electron chi connectivity index (χ4n) is 9.91. The minimum Gasteiger partial charge on any atom is -0.453 e. The molecule has 0 aliphatic carbocycles. The molecule has 2 amide bonds. The van der Waals surface area contributed by atoms with Crippen LogP contribution in [0.25, 0.3) is 0 Å². The summed E-state index contributed by atoms with van der Waals surface area (Å²) in [5, 5.41) is 10.3. The second-order valence-corrected chi connectivity index (χ2v) is 17.0. The van der Waals surface area contributed by atoms with E-state index in [2.05, 4.69) is 53.2 Å². The Bertz CT molecular complexity index is 2250. The monoisotopic (exact) mass is 898 g/mol. The largest absolute Gasteiger partial charge is 0.453 e. The van der Waals surface area contributed by atoms with Crippen molar-refractivity contribution in [2.45, 2.75) is 118 Å². The van der Waals surface area contributed by atoms with Crippen molar-refractivity contribution in [2.24, 2.45) is 0 Å². The molecule has 65 heavy (non-hydrogen) atoms. The molecule has 6 aliphatic rings. The number of methoxy groups -OCH3 is 2. The molecule has 4 aromatic heterocycles. The number of pyridine rings is 2. The molecule has 0 unspecified atom stereocenters. The fraction of sp³-hybridized carbons (Fsp3) is 0.625. The maximum atomic E-state index is 12.3. The number of ether oxygens (including phenoxy) is 4. The van der Waals surface area contributed by atoms with E-state index in [-0.39, 0.29) is 12.2 Å². The Morgan fingerprint density at radius 1 is 0.615 bits per heavy atom. The molecule has 10 rings (SSSR count). The van der Waals surface area contributed by atoms with Crippen LogP contribution in [0.15, 0.2) is 24.5 Å². The van der Waals surface area contributed by atoms with Gasteiger partial charge in [0.05, 0.1) is 68.8 Å². The third-order valence-electron chi connectivity index (χ3n) is 13.2. The van der Waals surface area contributed by atoms with Crippen LogP contribution in [0.2, 0.25) is 0 Å². The van der Waals surface area contributed by atoms with Crippen molar-refractivity contribution in [3.05, 3.63) is 64.0 Å². The molecule has 0 saturated carbocycles. The third-order valence-corrected chi connectivity index (χ3v) is 13.2. The number of amides is 2. The summed E-state index contributed by atoms with van der Waals surface area (Å²) >= 11 is 0. The highest BCUT2D eigenvalue weighted by molar-refractivity contribution is 5.79. The molecule has 0 bridgehead atoms. The summed E-state index contributed by atoms with van der Waals surface area (Å²) in [6.45, 7) is 20.1. The van der Waals surface area contributed by atoms with Crippen LogP contribution < -0.4 is 14.7 Å². The van der Waals surface area contributed by atoms with Crippen molar-refractivity contribution in [1.29, 1.82) is 0 Å². The molecular weight excluding hydrogens is 827 g/mol. The Hall–Kier alpha value is -5.42. The van der Waals surface area contributed by atoms with Crippen LogP contribution in [0.5, 0.6) is 0 Å². The summed E-state index contributed by atoms with van der Waals surface area (Å²) in [5.41, 5.74) is 11.5. The highest BCUT2D eigenvalue weighted by Gasteiger charge is 2.36. The van der Waals surface area contributed by atoms with Crippen molar-refractivity contribution in [1.82, 2.24) is 39.3 Å². The molecule has 0 spiro atoms. The van der Waals surface area contributed by atoms with Crippen LogP contribution >= 0.6 is 0 Å². The van der Waals surface area contributed by atoms with E-state index in [1.165, 1.54) is 31.2 Å². The Morgan fingerprint density at radius 2 is 1.09 bits per heavy atom. The number of hydrogen-bond donors (Lipinski definition) is 0. The summed E-state index contributed by atoms with van der Waals surface area (Å²) in [6, 6.07) is 5.00. The molecule has 0 N–H and O–H groups in total. The Labute approximate surface area is 384 Å². The molecule has 0 aromatic carbocycles. The molecule has 2 saturated heterocycles. The lowest BCUT2D eigenvalue weighted by atomic mass is 10.0. The quantitative estimate of drug-likeness (QED) is 0.196. The SMILES string of the molecule is CC.CC.COC(=O)N1CCc2c(c(N3CCCc4cc(C)ncc43)nn2C2CCOCC2)C1.COC(=O)N1CCc2c(c(N3CCN(C)c4cc(C)ncc43)nn2C2CCOCC2)C1. The average molecular weight is 898 g/mol. The van der Waals surface area contributed by atoms with Gasteiger partial charge >= 0.3 is 12.2 Å². The van der Waals surface area contributed by atoms with E-state index in [9.17, 15) is 9.59 Å². The number of nitrogens with zero attached hydrogens (tertiary/aromatic N) is 11. The van der Waals surface area contributed by atoms with Gasteiger partial charge in [-0.05, 0) is 70.1 Å². The third kappa shape index (κ3) is 9.91. The number of rotatable bonds is 4. The second kappa shape index (κ2) is 21.7. The highest BCUT2D eigenvalue weighted by Crippen LogP contribution is 2.42. The lowest BCUT2D eigenvalue weighted by Gasteiger charge is -2.36. The van der Waals surface area contributed by atoms with E-state index < -0.39 is 0 Å². The van der Waals surface area contributed by atoms with E-state index >= 15 is 0 Å². The van der Waals surface area contributed by atoms with Gasteiger partial charge in [-0.3, -0.25) is 19.3 Å². The molecule has 0 radical (unpaired) electrons. The normalized spacial score (nSPS) is 18.3. The lowest BCUT2D eigenvalue weighted by molar-refractivity contribution is 0.0648. The number of aromatic nitrogens is 6. The number of carbonyl (C=O) groups is 2. The molecule has 17 nitrogen and oxygen atoms in total. The summed E-state index contributed by atoms with van der Waals surface area (Å²) in [7, 11) is 5.00. The topological polar surface area (TPSA) is 149 Å². The zero-order chi connectivity index (χ0) is 46.2. The lowest BCUT2D eigenvalue weighted by Crippen LogP contribution is -2.39. The van der Waals surface area contributed by atoms with Crippen molar-refractivity contribution in [3.8, 4) is 0 Å². The van der Waals surface area contributed by atoms with Crippen LogP contribution in [0.3, 0.4) is 0 Å². The fourth-order valence-corrected chi connectivity index (χ4v) is 9.91. The van der Waals surface area contributed by atoms with E-state index in [0.29, 0.717) is 38.3 Å². The van der Waals surface area contributed by atoms with Crippen molar-refractivity contribution < 1.29 is 28.5 Å². The standard InChI is InChI=1S/C22H30N6O3.C22H29N5O3.2C2H6/c1-15-12-19-20(13-23-15)27(9-8-25(19)2)21-17-14-26(22(29)30-3)7-4-18(17)28(24-21)16-5-10-31-11-6-16;1-15-12-16-4-3-8-26(20(16)13-23-15)21-18-14-25(22(28)29-2)9-5-19(18)27(24-21)17-6-10-30-11-7-17;2*1-2/h12-13,16H,4-11,14H2,1-3H3;12-13,17H,3-11,14H2,1-2H3;2*1-2H3. The molecule has 10 heterocycles. The van der Waals surface area contributed by atoms with E-state index in [4.69, 9.17) is 29.1 Å². The van der Waals surface area contributed by atoms with Gasteiger partial charge in [0, 0.05) is 113 Å². The van der Waals surface area contributed by atoms with Gasteiger partial charge in [-0.25, -0.2) is 9.59 Å². The first-order valence-electron chi connectivity index (χ1n) is 23.9. The summed E-state index contributed by atoms with van der Waals surface area (Å²) in [5.74, 6) is 1.91. The first kappa shape index (κ1) is 47.5. The van der Waals surface area contributed by atoms with Crippen LogP contribution in [0.1, 0.15) is 111 Å². The van der Waals surface area contributed by atoms with Gasteiger partial charge < -0.3 is 43.4 Å². The van der Waals surface area contributed by atoms with Gasteiger partial charge in [-0.1, -0.05) is 27.7 Å². The molecule has 6 aliphatic heterocycles. The first-order valence-corrected chi connectivity index (χ1v) is 23.9. The average Bonchev–Trinajstić information content (AvgIpc) is 3.94. The zero-order valence-corrected chi connectivity index (χ0v) is 40.3. The predicted octanol–water partition coefficient (Wildman–Crippen LogP) is 7.85. The highest BCUT2D eigenvalue weighted by atomic mass is 16.5. The molecule has 2 fully saturated rings. The van der Waals surface area contributed by atoms with Gasteiger partial charge in [-0.2, -0.15) is 10.2 Å². The first-order chi connectivity index (χ1) is 31.7. The predicted molar refractivity (Wildman–Crippen MR) is 252 cm³/mol. The Kier molecular flexibility index (Phi) is 15.9. The summed E-state index contributed by atoms with van der Waals surface area (Å²) in [6.07, 6.45) is 11.0. The number of anilines is 5. The molecule has 17 heteroatoms. The summed E-state index contributed by atoms with van der Waals surface area (Å²) in [4.78, 5) is 44.0. The molecule has 4 aromatic rings. The van der Waals surface area contributed by atoms with Crippen molar-refractivity contribution in [2.75, 3.05) is 95.1 Å². The van der Waals surface area contributed by atoms with Crippen LogP contribution in [0.4, 0.5) is 38.3 Å². The molecular formula is C48H71N11O6. The smallest absolute Gasteiger partial charge is 0.409 e. The van der Waals surface area contributed by atoms with Crippen LogP contribution in [0, 0.1) is 13.8 Å². The maximum absolute atomic E-state index is 12.3. The van der Waals surface area contributed by atoms with E-state index in [1.807, 2.05) is 53.9 Å². The van der Waals surface area contributed by atoms with E-state index in [1.54, 1.807) is 9.80 Å². The van der Waals surface area contributed by atoms with Crippen LogP contribution in [-0.4, -0.2) is 132 Å². The Morgan fingerprint density at radius 3 is 1.60 bits per heavy atom. The second-order valence-electron chi connectivity index (χ2n) is 17.0. The van der Waals surface area contributed by atoms with E-state index in [0.717, 1.165) is 149 Å². The number of fused-ring (bicyclic) bond motifs is 4. The number of hydrogen-bond acceptors (Lipinski definition) is 13. The van der Waals surface area contributed by atoms with Gasteiger partial charge in [0.1, 0.15) is 0 Å². The van der Waals surface area contributed by atoms with Gasteiger partial charge in [0.15, 0.2) is 11.6 Å². The van der Waals surface area contributed by atoms with Crippen molar-refractivity contribution in [3.63, 3.8) is 0 Å². The minimum atomic E-state index is -0.286. The zero-order valence-electron chi connectivity index (χ0n) is 40.3. The van der Waals surface area contributed by atoms with Crippen LogP contribution in [-0.2, 0) is 51.3 Å².